The number of halogens is 1. The summed E-state index contributed by atoms with van der Waals surface area (Å²) in [4.78, 5) is 14.8. The summed E-state index contributed by atoms with van der Waals surface area (Å²) >= 11 is 1.78. The highest BCUT2D eigenvalue weighted by atomic mass is 35.5. The van der Waals surface area contributed by atoms with Gasteiger partial charge in [-0.2, -0.15) is 0 Å². The van der Waals surface area contributed by atoms with Crippen LogP contribution in [0.25, 0.3) is 5.57 Å². The van der Waals surface area contributed by atoms with Crippen molar-refractivity contribution in [1.82, 2.24) is 4.90 Å². The topological polar surface area (TPSA) is 40.5 Å². The van der Waals surface area contributed by atoms with Gasteiger partial charge < -0.3 is 10.0 Å². The Morgan fingerprint density at radius 3 is 2.73 bits per heavy atom. The van der Waals surface area contributed by atoms with Crippen molar-refractivity contribution in [3.63, 3.8) is 0 Å². The Morgan fingerprint density at radius 2 is 2.08 bits per heavy atom. The summed E-state index contributed by atoms with van der Waals surface area (Å²) in [7, 11) is 0. The van der Waals surface area contributed by atoms with Gasteiger partial charge in [0.1, 0.15) is 0 Å². The van der Waals surface area contributed by atoms with Gasteiger partial charge in [-0.15, -0.1) is 23.7 Å². The molecular formula is C21H26ClNO2S. The summed E-state index contributed by atoms with van der Waals surface area (Å²) in [6.45, 7) is 4.77. The number of benzene rings is 1. The number of rotatable bonds is 6. The number of carboxylic acid groups (broad SMARTS) is 1. The highest BCUT2D eigenvalue weighted by Gasteiger charge is 2.24. The van der Waals surface area contributed by atoms with Crippen LogP contribution in [-0.2, 0) is 4.79 Å². The maximum atomic E-state index is 11.2. The molecule has 0 bridgehead atoms. The minimum absolute atomic E-state index is 0. The lowest BCUT2D eigenvalue weighted by atomic mass is 9.97. The minimum Gasteiger partial charge on any atom is -0.481 e. The summed E-state index contributed by atoms with van der Waals surface area (Å²) < 4.78 is 0. The van der Waals surface area contributed by atoms with E-state index in [4.69, 9.17) is 0 Å². The minimum atomic E-state index is -0.653. The Labute approximate surface area is 165 Å². The molecule has 3 rings (SSSR count). The largest absolute Gasteiger partial charge is 0.481 e. The van der Waals surface area contributed by atoms with E-state index < -0.39 is 5.97 Å². The van der Waals surface area contributed by atoms with Gasteiger partial charge in [0.25, 0.3) is 0 Å². The van der Waals surface area contributed by atoms with Gasteiger partial charge in [0.2, 0.25) is 0 Å². The van der Waals surface area contributed by atoms with Crippen molar-refractivity contribution in [3.05, 3.63) is 63.9 Å². The third-order valence-electron chi connectivity index (χ3n) is 4.84. The SMILES string of the molecule is Cc1ccsc1/C(=C\CCN1CCCC(C(=O)O)C1)c1ccccc1.Cl. The first kappa shape index (κ1) is 20.7. The average molecular weight is 392 g/mol. The van der Waals surface area contributed by atoms with Crippen molar-refractivity contribution < 1.29 is 9.90 Å². The van der Waals surface area contributed by atoms with E-state index >= 15 is 0 Å². The molecule has 5 heteroatoms. The van der Waals surface area contributed by atoms with Gasteiger partial charge in [-0.1, -0.05) is 36.4 Å². The van der Waals surface area contributed by atoms with Crippen molar-refractivity contribution in [2.75, 3.05) is 19.6 Å². The molecule has 2 heterocycles. The maximum absolute atomic E-state index is 11.2. The second kappa shape index (κ2) is 9.91. The normalized spacial score (nSPS) is 18.3. The fourth-order valence-corrected chi connectivity index (χ4v) is 4.45. The molecule has 1 aliphatic rings. The van der Waals surface area contributed by atoms with Crippen LogP contribution < -0.4 is 0 Å². The van der Waals surface area contributed by atoms with E-state index in [1.54, 1.807) is 11.3 Å². The number of likely N-dealkylation sites (tertiary alicyclic amines) is 1. The van der Waals surface area contributed by atoms with E-state index in [0.29, 0.717) is 6.54 Å². The van der Waals surface area contributed by atoms with Crippen LogP contribution in [0.15, 0.2) is 47.9 Å². The molecule has 140 valence electrons. The summed E-state index contributed by atoms with van der Waals surface area (Å²) in [5, 5.41) is 11.4. The van der Waals surface area contributed by atoms with E-state index in [0.717, 1.165) is 32.4 Å². The Bertz CT molecular complexity index is 741. The molecule has 1 saturated heterocycles. The molecule has 26 heavy (non-hydrogen) atoms. The predicted molar refractivity (Wildman–Crippen MR) is 111 cm³/mol. The lowest BCUT2D eigenvalue weighted by Gasteiger charge is -2.30. The van der Waals surface area contributed by atoms with Gasteiger partial charge in [0, 0.05) is 18.0 Å². The maximum Gasteiger partial charge on any atom is 0.307 e. The van der Waals surface area contributed by atoms with Gasteiger partial charge in [0.05, 0.1) is 5.92 Å². The van der Waals surface area contributed by atoms with E-state index in [-0.39, 0.29) is 18.3 Å². The van der Waals surface area contributed by atoms with Crippen LogP contribution in [0.2, 0.25) is 0 Å². The van der Waals surface area contributed by atoms with Crippen molar-refractivity contribution in [1.29, 1.82) is 0 Å². The highest BCUT2D eigenvalue weighted by Crippen LogP contribution is 2.31. The third kappa shape index (κ3) is 5.19. The van der Waals surface area contributed by atoms with Crippen LogP contribution in [0.1, 0.15) is 35.3 Å². The highest BCUT2D eigenvalue weighted by molar-refractivity contribution is 7.11. The van der Waals surface area contributed by atoms with Crippen LogP contribution in [0.4, 0.5) is 0 Å². The smallest absolute Gasteiger partial charge is 0.307 e. The van der Waals surface area contributed by atoms with Gasteiger partial charge in [-0.25, -0.2) is 0 Å². The van der Waals surface area contributed by atoms with E-state index in [9.17, 15) is 9.90 Å². The zero-order chi connectivity index (χ0) is 17.6. The zero-order valence-electron chi connectivity index (χ0n) is 15.1. The molecule has 0 aliphatic carbocycles. The molecular weight excluding hydrogens is 366 g/mol. The summed E-state index contributed by atoms with van der Waals surface area (Å²) in [5.74, 6) is -0.856. The molecule has 0 saturated carbocycles. The van der Waals surface area contributed by atoms with Gasteiger partial charge in [-0.3, -0.25) is 4.79 Å². The molecule has 0 amide bonds. The number of carboxylic acids is 1. The lowest BCUT2D eigenvalue weighted by molar-refractivity contribution is -0.143. The quantitative estimate of drug-likeness (QED) is 0.744. The predicted octanol–water partition coefficient (Wildman–Crippen LogP) is 5.10. The molecule has 1 atom stereocenters. The molecule has 2 aromatic rings. The Morgan fingerprint density at radius 1 is 1.31 bits per heavy atom. The fourth-order valence-electron chi connectivity index (χ4n) is 3.46. The molecule has 1 aromatic heterocycles. The number of piperidine rings is 1. The monoisotopic (exact) mass is 391 g/mol. The first-order chi connectivity index (χ1) is 12.1. The summed E-state index contributed by atoms with van der Waals surface area (Å²) in [6, 6.07) is 12.7. The first-order valence-corrected chi connectivity index (χ1v) is 9.78. The fraction of sp³-hybridized carbons (Fsp3) is 0.381. The van der Waals surface area contributed by atoms with Crippen molar-refractivity contribution in [2.24, 2.45) is 5.92 Å². The second-order valence-electron chi connectivity index (χ2n) is 6.68. The third-order valence-corrected chi connectivity index (χ3v) is 5.89. The van der Waals surface area contributed by atoms with Crippen LogP contribution in [0.5, 0.6) is 0 Å². The summed E-state index contributed by atoms with van der Waals surface area (Å²) in [6.07, 6.45) is 5.05. The van der Waals surface area contributed by atoms with Crippen molar-refractivity contribution in [3.8, 4) is 0 Å². The second-order valence-corrected chi connectivity index (χ2v) is 7.60. The van der Waals surface area contributed by atoms with E-state index in [1.165, 1.54) is 21.6 Å². The van der Waals surface area contributed by atoms with E-state index in [2.05, 4.69) is 53.6 Å². The number of carbonyl (C=O) groups is 1. The summed E-state index contributed by atoms with van der Waals surface area (Å²) in [5.41, 5.74) is 3.85. The van der Waals surface area contributed by atoms with Gasteiger partial charge in [0.15, 0.2) is 0 Å². The van der Waals surface area contributed by atoms with Crippen molar-refractivity contribution >= 4 is 35.3 Å². The Balaban J connectivity index is 0.00000243. The van der Waals surface area contributed by atoms with Crippen LogP contribution in [0, 0.1) is 12.8 Å². The number of aliphatic carboxylic acids is 1. The average Bonchev–Trinajstić information content (AvgIpc) is 3.05. The molecule has 0 spiro atoms. The zero-order valence-corrected chi connectivity index (χ0v) is 16.7. The Kier molecular flexibility index (Phi) is 7.88. The number of nitrogens with zero attached hydrogens (tertiary/aromatic N) is 1. The Hall–Kier alpha value is -1.62. The molecule has 1 fully saturated rings. The number of hydrogen-bond donors (Lipinski definition) is 1. The number of aryl methyl sites for hydroxylation is 1. The molecule has 1 aliphatic heterocycles. The van der Waals surface area contributed by atoms with Crippen LogP contribution >= 0.6 is 23.7 Å². The lowest BCUT2D eigenvalue weighted by Crippen LogP contribution is -2.39. The number of hydrogen-bond acceptors (Lipinski definition) is 3. The van der Waals surface area contributed by atoms with Crippen molar-refractivity contribution in [2.45, 2.75) is 26.2 Å². The molecule has 1 N–H and O–H groups in total. The van der Waals surface area contributed by atoms with Crippen LogP contribution in [0.3, 0.4) is 0 Å². The van der Waals surface area contributed by atoms with Gasteiger partial charge >= 0.3 is 5.97 Å². The molecule has 1 aromatic carbocycles. The van der Waals surface area contributed by atoms with Gasteiger partial charge in [-0.05, 0) is 60.9 Å². The number of thiophene rings is 1. The van der Waals surface area contributed by atoms with E-state index in [1.807, 2.05) is 6.07 Å². The first-order valence-electron chi connectivity index (χ1n) is 8.90. The molecule has 1 unspecified atom stereocenters. The van der Waals surface area contributed by atoms with Crippen LogP contribution in [-0.4, -0.2) is 35.6 Å². The molecule has 0 radical (unpaired) electrons. The standard InChI is InChI=1S/C21H25NO2S.ClH/c1-16-11-14-25-20(16)19(17-7-3-2-4-8-17)10-6-13-22-12-5-9-18(15-22)21(23)24;/h2-4,7-8,10-11,14,18H,5-6,9,12-13,15H2,1H3,(H,23,24);1H/b19-10-;. The molecule has 3 nitrogen and oxygen atoms in total.